The lowest BCUT2D eigenvalue weighted by Gasteiger charge is -2.27. The maximum absolute atomic E-state index is 5.81. The van der Waals surface area contributed by atoms with Crippen molar-refractivity contribution >= 4 is 0 Å². The molecule has 0 spiro atoms. The minimum absolute atomic E-state index is 0.00231. The average Bonchev–Trinajstić information content (AvgIpc) is 2.04. The van der Waals surface area contributed by atoms with Crippen LogP contribution >= 0.6 is 0 Å². The first-order valence-electron chi connectivity index (χ1n) is 4.72. The molecule has 2 N–H and O–H groups in total. The Hall–Kier alpha value is -1.00. The maximum atomic E-state index is 5.81. The second-order valence-electron chi connectivity index (χ2n) is 3.70. The van der Waals surface area contributed by atoms with Crippen LogP contribution < -0.4 is 5.73 Å². The van der Waals surface area contributed by atoms with Gasteiger partial charge >= 0.3 is 0 Å². The lowest BCUT2D eigenvalue weighted by Crippen LogP contribution is -2.27. The van der Waals surface area contributed by atoms with Crippen molar-refractivity contribution in [3.63, 3.8) is 0 Å². The molecule has 0 fully saturated rings. The predicted octanol–water partition coefficient (Wildman–Crippen LogP) is 2.25. The van der Waals surface area contributed by atoms with E-state index in [2.05, 4.69) is 36.1 Å². The molecule has 0 bridgehead atoms. The quantitative estimate of drug-likeness (QED) is 0.640. The Labute approximate surface area is 80.7 Å². The summed E-state index contributed by atoms with van der Waals surface area (Å²) in [5.74, 6) is 6.25. The van der Waals surface area contributed by atoms with Gasteiger partial charge in [-0.05, 0) is 26.7 Å². The van der Waals surface area contributed by atoms with E-state index < -0.39 is 0 Å². The number of nitrogens with two attached hydrogens (primary N) is 1. The molecule has 0 aromatic rings. The summed E-state index contributed by atoms with van der Waals surface area (Å²) in [5.41, 5.74) is 5.81. The van der Waals surface area contributed by atoms with E-state index in [4.69, 9.17) is 5.73 Å². The van der Waals surface area contributed by atoms with Gasteiger partial charge in [0.1, 0.15) is 0 Å². The van der Waals surface area contributed by atoms with E-state index >= 15 is 0 Å². The largest absolute Gasteiger partial charge is 0.328 e. The van der Waals surface area contributed by atoms with Crippen LogP contribution in [0, 0.1) is 17.3 Å². The van der Waals surface area contributed by atoms with E-state index in [0.717, 1.165) is 12.8 Å². The van der Waals surface area contributed by atoms with Crippen molar-refractivity contribution in [2.45, 2.75) is 32.7 Å². The molecule has 0 saturated carbocycles. The molecule has 0 aromatic heterocycles. The average molecular weight is 175 g/mol. The van der Waals surface area contributed by atoms with Gasteiger partial charge in [-0.25, -0.2) is 0 Å². The predicted molar refractivity (Wildman–Crippen MR) is 57.0 cm³/mol. The molecule has 0 aliphatic heterocycles. The smallest absolute Gasteiger partial charge is 0.0545 e. The standard InChI is InChI=1S/C12H17N/c1-3-7-12(10-11(2)13)8-5-4-6-9-12/h4-6,8,11H,9-10,13H2,1-2H3. The Morgan fingerprint density at radius 2 is 2.31 bits per heavy atom. The molecule has 0 aromatic carbocycles. The molecular weight excluding hydrogens is 158 g/mol. The van der Waals surface area contributed by atoms with Crippen molar-refractivity contribution in [3.8, 4) is 11.8 Å². The Bertz CT molecular complexity index is 275. The van der Waals surface area contributed by atoms with E-state index in [1.54, 1.807) is 0 Å². The highest BCUT2D eigenvalue weighted by Gasteiger charge is 2.25. The summed E-state index contributed by atoms with van der Waals surface area (Å²) in [4.78, 5) is 0. The minimum atomic E-state index is -0.00231. The van der Waals surface area contributed by atoms with Crippen LogP contribution in [-0.4, -0.2) is 6.04 Å². The molecule has 1 rings (SSSR count). The van der Waals surface area contributed by atoms with Gasteiger partial charge in [0.2, 0.25) is 0 Å². The summed E-state index contributed by atoms with van der Waals surface area (Å²) in [6, 6.07) is 0.206. The van der Waals surface area contributed by atoms with Gasteiger partial charge in [0.25, 0.3) is 0 Å². The van der Waals surface area contributed by atoms with Gasteiger partial charge in [-0.1, -0.05) is 30.2 Å². The lowest BCUT2D eigenvalue weighted by atomic mass is 9.77. The fourth-order valence-corrected chi connectivity index (χ4v) is 1.78. The second-order valence-corrected chi connectivity index (χ2v) is 3.70. The maximum Gasteiger partial charge on any atom is 0.0545 e. The molecule has 1 nitrogen and oxygen atoms in total. The third-order valence-electron chi connectivity index (χ3n) is 2.20. The van der Waals surface area contributed by atoms with Gasteiger partial charge in [-0.2, -0.15) is 0 Å². The topological polar surface area (TPSA) is 26.0 Å². The molecule has 0 radical (unpaired) electrons. The van der Waals surface area contributed by atoms with Crippen molar-refractivity contribution in [2.75, 3.05) is 0 Å². The summed E-state index contributed by atoms with van der Waals surface area (Å²) < 4.78 is 0. The van der Waals surface area contributed by atoms with E-state index in [1.807, 2.05) is 13.8 Å². The lowest BCUT2D eigenvalue weighted by molar-refractivity contribution is 0.430. The van der Waals surface area contributed by atoms with Gasteiger partial charge in [-0.15, -0.1) is 5.92 Å². The molecule has 0 saturated heterocycles. The van der Waals surface area contributed by atoms with Crippen molar-refractivity contribution in [2.24, 2.45) is 11.1 Å². The Kier molecular flexibility index (Phi) is 3.33. The number of allylic oxidation sites excluding steroid dienone is 4. The zero-order valence-corrected chi connectivity index (χ0v) is 8.38. The molecule has 1 aliphatic rings. The Morgan fingerprint density at radius 3 is 2.77 bits per heavy atom. The third kappa shape index (κ3) is 2.75. The first-order valence-corrected chi connectivity index (χ1v) is 4.72. The molecule has 0 amide bonds. The molecule has 1 heteroatoms. The highest BCUT2D eigenvalue weighted by atomic mass is 14.6. The molecule has 0 heterocycles. The highest BCUT2D eigenvalue weighted by Crippen LogP contribution is 2.31. The van der Waals surface area contributed by atoms with E-state index in [1.165, 1.54) is 0 Å². The van der Waals surface area contributed by atoms with Crippen molar-refractivity contribution in [1.82, 2.24) is 0 Å². The summed E-state index contributed by atoms with van der Waals surface area (Å²) >= 11 is 0. The molecule has 2 atom stereocenters. The first-order chi connectivity index (χ1) is 6.18. The van der Waals surface area contributed by atoms with Crippen molar-refractivity contribution < 1.29 is 0 Å². The summed E-state index contributed by atoms with van der Waals surface area (Å²) in [6.07, 6.45) is 10.4. The van der Waals surface area contributed by atoms with Crippen molar-refractivity contribution in [3.05, 3.63) is 24.3 Å². The molecule has 13 heavy (non-hydrogen) atoms. The third-order valence-corrected chi connectivity index (χ3v) is 2.20. The van der Waals surface area contributed by atoms with Crippen LogP contribution in [0.3, 0.4) is 0 Å². The van der Waals surface area contributed by atoms with Gasteiger partial charge in [0.05, 0.1) is 5.41 Å². The summed E-state index contributed by atoms with van der Waals surface area (Å²) in [7, 11) is 0. The molecular formula is C12H17N. The van der Waals surface area contributed by atoms with Gasteiger partial charge in [-0.3, -0.25) is 0 Å². The van der Waals surface area contributed by atoms with E-state index in [0.29, 0.717) is 0 Å². The van der Waals surface area contributed by atoms with Crippen LogP contribution in [0.4, 0.5) is 0 Å². The first kappa shape index (κ1) is 10.1. The zero-order valence-electron chi connectivity index (χ0n) is 8.38. The fourth-order valence-electron chi connectivity index (χ4n) is 1.78. The summed E-state index contributed by atoms with van der Waals surface area (Å²) in [5, 5.41) is 0. The minimum Gasteiger partial charge on any atom is -0.328 e. The van der Waals surface area contributed by atoms with Crippen LogP contribution in [0.5, 0.6) is 0 Å². The van der Waals surface area contributed by atoms with E-state index in [-0.39, 0.29) is 11.5 Å². The van der Waals surface area contributed by atoms with Crippen LogP contribution in [0.15, 0.2) is 24.3 Å². The van der Waals surface area contributed by atoms with Gasteiger partial charge in [0, 0.05) is 6.04 Å². The normalized spacial score (nSPS) is 27.9. The van der Waals surface area contributed by atoms with Crippen LogP contribution in [0.1, 0.15) is 26.7 Å². The van der Waals surface area contributed by atoms with E-state index in [9.17, 15) is 0 Å². The molecule has 1 aliphatic carbocycles. The van der Waals surface area contributed by atoms with Gasteiger partial charge in [0.15, 0.2) is 0 Å². The number of hydrogen-bond donors (Lipinski definition) is 1. The van der Waals surface area contributed by atoms with Gasteiger partial charge < -0.3 is 5.73 Å². The number of rotatable bonds is 2. The molecule has 70 valence electrons. The van der Waals surface area contributed by atoms with Crippen LogP contribution in [0.25, 0.3) is 0 Å². The monoisotopic (exact) mass is 175 g/mol. The fraction of sp³-hybridized carbons (Fsp3) is 0.500. The Morgan fingerprint density at radius 1 is 1.54 bits per heavy atom. The SMILES string of the molecule is CC#CC1(CC(C)N)C=CC=CC1. The highest BCUT2D eigenvalue weighted by molar-refractivity contribution is 5.27. The zero-order chi connectivity index (χ0) is 9.73. The van der Waals surface area contributed by atoms with Crippen LogP contribution in [0.2, 0.25) is 0 Å². The van der Waals surface area contributed by atoms with Crippen LogP contribution in [-0.2, 0) is 0 Å². The molecule has 2 unspecified atom stereocenters. The summed E-state index contributed by atoms with van der Waals surface area (Å²) in [6.45, 7) is 3.92. The second kappa shape index (κ2) is 4.30. The van der Waals surface area contributed by atoms with Crippen molar-refractivity contribution in [1.29, 1.82) is 0 Å². The Balaban J connectivity index is 2.80. The number of hydrogen-bond acceptors (Lipinski definition) is 1.